The number of nitrogens with zero attached hydrogens (tertiary/aromatic N) is 1. The molecule has 164 valence electrons. The molecule has 0 bridgehead atoms. The molecule has 5 atom stereocenters. The van der Waals surface area contributed by atoms with E-state index >= 15 is 0 Å². The average Bonchev–Trinajstić information content (AvgIpc) is 3.11. The molecule has 0 aromatic heterocycles. The maximum absolute atomic E-state index is 12.6. The van der Waals surface area contributed by atoms with Crippen LogP contribution < -0.4 is 16.4 Å². The highest BCUT2D eigenvalue weighted by atomic mass is 32.1. The van der Waals surface area contributed by atoms with Crippen LogP contribution in [0.3, 0.4) is 0 Å². The lowest BCUT2D eigenvalue weighted by Crippen LogP contribution is -2.59. The molecule has 1 rings (SSSR count). The van der Waals surface area contributed by atoms with Gasteiger partial charge in [0, 0.05) is 12.3 Å². The van der Waals surface area contributed by atoms with Crippen LogP contribution in [-0.4, -0.2) is 92.4 Å². The minimum atomic E-state index is -1.46. The molecule has 3 amide bonds. The number of thiol groups is 1. The summed E-state index contributed by atoms with van der Waals surface area (Å²) in [7, 11) is 0. The molecule has 13 heteroatoms. The Morgan fingerprint density at radius 2 is 1.83 bits per heavy atom. The molecule has 0 aromatic carbocycles. The number of amides is 3. The molecule has 0 saturated carbocycles. The largest absolute Gasteiger partial charge is 0.481 e. The van der Waals surface area contributed by atoms with Gasteiger partial charge in [-0.2, -0.15) is 12.6 Å². The van der Waals surface area contributed by atoms with Gasteiger partial charge in [-0.1, -0.05) is 0 Å². The van der Waals surface area contributed by atoms with Crippen molar-refractivity contribution in [2.45, 2.75) is 56.5 Å². The van der Waals surface area contributed by atoms with Gasteiger partial charge in [-0.05, 0) is 19.8 Å². The van der Waals surface area contributed by atoms with Crippen molar-refractivity contribution < 1.29 is 39.3 Å². The number of carboxylic acid groups (broad SMARTS) is 2. The molecule has 0 spiro atoms. The lowest BCUT2D eigenvalue weighted by Gasteiger charge is -2.29. The van der Waals surface area contributed by atoms with Crippen molar-refractivity contribution in [2.24, 2.45) is 5.73 Å². The fourth-order valence-electron chi connectivity index (χ4n) is 2.89. The average molecular weight is 434 g/mol. The van der Waals surface area contributed by atoms with E-state index < -0.39 is 66.4 Å². The molecule has 0 aromatic rings. The molecule has 0 radical (unpaired) electrons. The Balaban J connectivity index is 2.86. The second-order valence-corrected chi connectivity index (χ2v) is 7.07. The molecule has 5 unspecified atom stereocenters. The van der Waals surface area contributed by atoms with Crippen molar-refractivity contribution in [1.82, 2.24) is 15.5 Å². The smallest absolute Gasteiger partial charge is 0.327 e. The third-order valence-electron chi connectivity index (χ3n) is 4.41. The predicted octanol–water partition coefficient (Wildman–Crippen LogP) is -2.86. The van der Waals surface area contributed by atoms with Crippen LogP contribution in [0.4, 0.5) is 0 Å². The third kappa shape index (κ3) is 6.87. The van der Waals surface area contributed by atoms with Crippen LogP contribution in [0.25, 0.3) is 0 Å². The number of carbonyl (C=O) groups is 5. The molecule has 1 fully saturated rings. The molecule has 7 N–H and O–H groups in total. The monoisotopic (exact) mass is 434 g/mol. The van der Waals surface area contributed by atoms with Gasteiger partial charge in [-0.3, -0.25) is 19.2 Å². The standard InChI is InChI=1S/C16H26N4O8S/c1-7(21)12(14(25)18-9(6-29)16(27)28)19-13(24)10-3-2-4-20(10)15(26)8(17)5-11(22)23/h7-10,12,21,29H,2-6,17H2,1H3,(H,18,25)(H,19,24)(H,22,23)(H,27,28). The number of nitrogens with one attached hydrogen (secondary N) is 2. The number of aliphatic hydroxyl groups is 1. The first kappa shape index (κ1) is 24.7. The lowest BCUT2D eigenvalue weighted by atomic mass is 10.1. The van der Waals surface area contributed by atoms with Gasteiger partial charge < -0.3 is 36.6 Å². The zero-order valence-corrected chi connectivity index (χ0v) is 16.7. The summed E-state index contributed by atoms with van der Waals surface area (Å²) >= 11 is 3.82. The second-order valence-electron chi connectivity index (χ2n) is 6.70. The van der Waals surface area contributed by atoms with Crippen LogP contribution in [-0.2, 0) is 24.0 Å². The van der Waals surface area contributed by atoms with Gasteiger partial charge in [0.25, 0.3) is 0 Å². The molecule has 1 aliphatic rings. The Kier molecular flexibility index (Phi) is 9.33. The van der Waals surface area contributed by atoms with E-state index in [0.29, 0.717) is 6.42 Å². The van der Waals surface area contributed by atoms with Crippen molar-refractivity contribution >= 4 is 42.3 Å². The van der Waals surface area contributed by atoms with Gasteiger partial charge in [-0.25, -0.2) is 4.79 Å². The van der Waals surface area contributed by atoms with Crippen molar-refractivity contribution in [2.75, 3.05) is 12.3 Å². The molecular formula is C16H26N4O8S. The Hall–Kier alpha value is -2.38. The van der Waals surface area contributed by atoms with Crippen molar-refractivity contribution in [1.29, 1.82) is 0 Å². The summed E-state index contributed by atoms with van der Waals surface area (Å²) in [5.41, 5.74) is 5.59. The summed E-state index contributed by atoms with van der Waals surface area (Å²) in [6.45, 7) is 1.43. The lowest BCUT2D eigenvalue weighted by molar-refractivity contribution is -0.145. The van der Waals surface area contributed by atoms with Crippen molar-refractivity contribution in [3.63, 3.8) is 0 Å². The molecule has 1 heterocycles. The number of hydrogen-bond donors (Lipinski definition) is 7. The van der Waals surface area contributed by atoms with Gasteiger partial charge in [0.05, 0.1) is 18.6 Å². The van der Waals surface area contributed by atoms with Crippen molar-refractivity contribution in [3.8, 4) is 0 Å². The van der Waals surface area contributed by atoms with E-state index in [0.717, 1.165) is 4.90 Å². The van der Waals surface area contributed by atoms with Gasteiger partial charge in [0.1, 0.15) is 18.1 Å². The predicted molar refractivity (Wildman–Crippen MR) is 102 cm³/mol. The minimum absolute atomic E-state index is 0.191. The number of carboxylic acids is 2. The third-order valence-corrected chi connectivity index (χ3v) is 4.78. The van der Waals surface area contributed by atoms with E-state index in [1.54, 1.807) is 0 Å². The van der Waals surface area contributed by atoms with E-state index in [1.165, 1.54) is 6.92 Å². The van der Waals surface area contributed by atoms with Crippen molar-refractivity contribution in [3.05, 3.63) is 0 Å². The summed E-state index contributed by atoms with van der Waals surface area (Å²) in [4.78, 5) is 60.2. The number of aliphatic carboxylic acids is 2. The SMILES string of the molecule is CC(O)C(NC(=O)C1CCCN1C(=O)C(N)CC(=O)O)C(=O)NC(CS)C(=O)O. The summed E-state index contributed by atoms with van der Waals surface area (Å²) in [5.74, 6) is -5.15. The maximum Gasteiger partial charge on any atom is 0.327 e. The van der Waals surface area contributed by atoms with E-state index in [-0.39, 0.29) is 18.7 Å². The van der Waals surface area contributed by atoms with Gasteiger partial charge in [0.2, 0.25) is 17.7 Å². The molecular weight excluding hydrogens is 408 g/mol. The number of likely N-dealkylation sites (tertiary alicyclic amines) is 1. The summed E-state index contributed by atoms with van der Waals surface area (Å²) < 4.78 is 0. The molecule has 0 aliphatic carbocycles. The highest BCUT2D eigenvalue weighted by molar-refractivity contribution is 7.80. The highest BCUT2D eigenvalue weighted by Gasteiger charge is 2.39. The molecule has 29 heavy (non-hydrogen) atoms. The van der Waals surface area contributed by atoms with Crippen LogP contribution in [0.1, 0.15) is 26.2 Å². The summed E-state index contributed by atoms with van der Waals surface area (Å²) in [5, 5.41) is 32.1. The number of rotatable bonds is 10. The fraction of sp³-hybridized carbons (Fsp3) is 0.688. The second kappa shape index (κ2) is 11.0. The summed E-state index contributed by atoms with van der Waals surface area (Å²) in [6.07, 6.45) is -1.22. The first-order chi connectivity index (χ1) is 13.5. The Bertz CT molecular complexity index is 659. The van der Waals surface area contributed by atoms with Crippen LogP contribution in [0.5, 0.6) is 0 Å². The molecule has 1 saturated heterocycles. The number of carbonyl (C=O) groups excluding carboxylic acids is 3. The van der Waals surface area contributed by atoms with Gasteiger partial charge in [-0.15, -0.1) is 0 Å². The normalized spacial score (nSPS) is 20.3. The topological polar surface area (TPSA) is 199 Å². The number of nitrogens with two attached hydrogens (primary N) is 1. The number of hydrogen-bond acceptors (Lipinski definition) is 8. The Labute approximate surface area is 172 Å². The van der Waals surface area contributed by atoms with Crippen LogP contribution in [0.2, 0.25) is 0 Å². The van der Waals surface area contributed by atoms with Crippen LogP contribution in [0, 0.1) is 0 Å². The zero-order valence-electron chi connectivity index (χ0n) is 15.8. The summed E-state index contributed by atoms with van der Waals surface area (Å²) in [6, 6.07) is -5.09. The minimum Gasteiger partial charge on any atom is -0.481 e. The van der Waals surface area contributed by atoms with E-state index in [2.05, 4.69) is 23.3 Å². The highest BCUT2D eigenvalue weighted by Crippen LogP contribution is 2.19. The Morgan fingerprint density at radius 1 is 1.21 bits per heavy atom. The Morgan fingerprint density at radius 3 is 2.31 bits per heavy atom. The first-order valence-corrected chi connectivity index (χ1v) is 9.53. The quantitative estimate of drug-likeness (QED) is 0.177. The zero-order chi connectivity index (χ0) is 22.3. The van der Waals surface area contributed by atoms with Crippen LogP contribution in [0.15, 0.2) is 0 Å². The van der Waals surface area contributed by atoms with E-state index in [1.807, 2.05) is 0 Å². The van der Waals surface area contributed by atoms with E-state index in [4.69, 9.17) is 15.9 Å². The van der Waals surface area contributed by atoms with Gasteiger partial charge in [0.15, 0.2) is 0 Å². The maximum atomic E-state index is 12.6. The number of aliphatic hydroxyl groups excluding tert-OH is 1. The molecule has 12 nitrogen and oxygen atoms in total. The first-order valence-electron chi connectivity index (χ1n) is 8.89. The molecule has 1 aliphatic heterocycles. The van der Waals surface area contributed by atoms with Crippen LogP contribution >= 0.6 is 12.6 Å². The fourth-order valence-corrected chi connectivity index (χ4v) is 3.14. The van der Waals surface area contributed by atoms with E-state index in [9.17, 15) is 29.1 Å². The van der Waals surface area contributed by atoms with Gasteiger partial charge >= 0.3 is 11.9 Å².